The van der Waals surface area contributed by atoms with Crippen molar-refractivity contribution in [3.05, 3.63) is 65.1 Å². The van der Waals surface area contributed by atoms with Crippen LogP contribution < -0.4 is 10.6 Å². The molecule has 2 aromatic carbocycles. The number of carbonyl (C=O) groups is 2. The van der Waals surface area contributed by atoms with Crippen LogP contribution in [0.1, 0.15) is 37.7 Å². The van der Waals surface area contributed by atoms with Gasteiger partial charge < -0.3 is 25.2 Å². The quantitative estimate of drug-likeness (QED) is 0.313. The summed E-state index contributed by atoms with van der Waals surface area (Å²) in [5, 5.41) is 19.9. The van der Waals surface area contributed by atoms with Crippen molar-refractivity contribution >= 4 is 27.7 Å². The number of ether oxygens (including phenoxy) is 2. The number of hydrogen-bond donors (Lipinski definition) is 3. The molecule has 2 unspecified atom stereocenters. The van der Waals surface area contributed by atoms with Gasteiger partial charge in [-0.05, 0) is 67.1 Å². The Hall–Kier alpha value is -3.39. The van der Waals surface area contributed by atoms with Crippen LogP contribution in [0, 0.1) is 10.8 Å². The predicted molar refractivity (Wildman–Crippen MR) is 152 cm³/mol. The van der Waals surface area contributed by atoms with Crippen molar-refractivity contribution in [3.8, 4) is 0 Å². The molecular weight excluding hydrogens is 564 g/mol. The monoisotopic (exact) mass is 600 g/mol. The summed E-state index contributed by atoms with van der Waals surface area (Å²) in [6.45, 7) is 0.209. The van der Waals surface area contributed by atoms with Crippen LogP contribution in [0.5, 0.6) is 0 Å². The maximum absolute atomic E-state index is 13.7. The number of hydrogen-bond acceptors (Lipinski definition) is 9. The Labute approximate surface area is 244 Å². The van der Waals surface area contributed by atoms with Gasteiger partial charge in [0.25, 0.3) is 0 Å². The van der Waals surface area contributed by atoms with Gasteiger partial charge in [-0.2, -0.15) is 4.31 Å². The largest absolute Gasteiger partial charge is 0.446 e. The second-order valence-corrected chi connectivity index (χ2v) is 13.0. The predicted octanol–water partition coefficient (Wildman–Crippen LogP) is 2.62. The highest BCUT2D eigenvalue weighted by atomic mass is 32.2. The minimum Gasteiger partial charge on any atom is -0.446 e. The second kappa shape index (κ2) is 13.3. The summed E-state index contributed by atoms with van der Waals surface area (Å²) in [5.74, 6) is -0.0243. The first-order valence-corrected chi connectivity index (χ1v) is 15.7. The zero-order valence-electron chi connectivity index (χ0n) is 23.1. The van der Waals surface area contributed by atoms with Crippen molar-refractivity contribution in [2.45, 2.75) is 73.8 Å². The molecule has 0 radical (unpaired) electrons. The zero-order valence-corrected chi connectivity index (χ0v) is 23.9. The van der Waals surface area contributed by atoms with Gasteiger partial charge in [0.15, 0.2) is 0 Å². The summed E-state index contributed by atoms with van der Waals surface area (Å²) >= 11 is 0. The zero-order chi connectivity index (χ0) is 29.7. The number of fused-ring (bicyclic) bond motifs is 1. The highest BCUT2D eigenvalue weighted by Crippen LogP contribution is 2.37. The lowest BCUT2D eigenvalue weighted by molar-refractivity contribution is -0.119. The average molecular weight is 601 g/mol. The highest BCUT2D eigenvalue weighted by Gasteiger charge is 2.43. The molecule has 1 aliphatic carbocycles. The van der Waals surface area contributed by atoms with Crippen LogP contribution in [0.3, 0.4) is 0 Å². The summed E-state index contributed by atoms with van der Waals surface area (Å²) in [7, 11) is -4.17. The van der Waals surface area contributed by atoms with Crippen molar-refractivity contribution in [1.29, 1.82) is 0 Å². The van der Waals surface area contributed by atoms with Gasteiger partial charge in [-0.25, -0.2) is 13.2 Å². The second-order valence-electron chi connectivity index (χ2n) is 11.1. The molecular formula is C29H36N4O8S. The number of aliphatic hydroxyl groups excluding tert-OH is 1. The SMILES string of the molecule is O=Nc1ccc(S(=O)(=O)N(CC2CCC(=O)N2)C[C@@H](O)[C@H](Cc2ccccc2)NC(=O)OC2CC[C@H]3OCC[C@@H]23)cc1. The molecule has 5 rings (SSSR count). The molecule has 3 N–H and O–H groups in total. The first-order valence-electron chi connectivity index (χ1n) is 14.3. The Morgan fingerprint density at radius 1 is 1.12 bits per heavy atom. The van der Waals surface area contributed by atoms with Gasteiger partial charge in [-0.1, -0.05) is 30.3 Å². The Bertz CT molecular complexity index is 1360. The molecule has 2 aromatic rings. The first-order chi connectivity index (χ1) is 20.2. The summed E-state index contributed by atoms with van der Waals surface area (Å²) in [4.78, 5) is 35.7. The van der Waals surface area contributed by atoms with E-state index in [0.29, 0.717) is 19.4 Å². The van der Waals surface area contributed by atoms with Crippen LogP contribution in [0.15, 0.2) is 64.7 Å². The number of rotatable bonds is 12. The molecule has 2 aliphatic heterocycles. The Balaban J connectivity index is 1.35. The van der Waals surface area contributed by atoms with Gasteiger partial charge in [0.1, 0.15) is 11.8 Å². The third-order valence-electron chi connectivity index (χ3n) is 8.28. The van der Waals surface area contributed by atoms with Crippen LogP contribution in [-0.4, -0.2) is 79.9 Å². The summed E-state index contributed by atoms with van der Waals surface area (Å²) in [6.07, 6.45) is 1.11. The van der Waals surface area contributed by atoms with Gasteiger partial charge in [-0.3, -0.25) is 4.79 Å². The van der Waals surface area contributed by atoms with Gasteiger partial charge in [0.05, 0.1) is 23.1 Å². The van der Waals surface area contributed by atoms with Gasteiger partial charge >= 0.3 is 6.09 Å². The molecule has 13 heteroatoms. The molecule has 6 atom stereocenters. The topological polar surface area (TPSA) is 164 Å². The minimum atomic E-state index is -4.17. The van der Waals surface area contributed by atoms with Crippen molar-refractivity contribution in [1.82, 2.24) is 14.9 Å². The number of nitroso groups, excluding NO2 is 1. The van der Waals surface area contributed by atoms with Crippen LogP contribution in [-0.2, 0) is 30.7 Å². The number of alkyl carbamates (subject to hydrolysis) is 1. The highest BCUT2D eigenvalue weighted by molar-refractivity contribution is 7.89. The van der Waals surface area contributed by atoms with Crippen LogP contribution >= 0.6 is 0 Å². The number of carbonyl (C=O) groups excluding carboxylic acids is 2. The van der Waals surface area contributed by atoms with Gasteiger partial charge in [-0.15, -0.1) is 4.91 Å². The molecule has 0 bridgehead atoms. The van der Waals surface area contributed by atoms with E-state index in [9.17, 15) is 28.0 Å². The standard InChI is InChI=1S/C29H36N4O8S/c34-25(18-33(17-21-8-13-28(35)30-21)42(38,39)22-9-6-20(32-37)7-10-22)24(16-19-4-2-1-3-5-19)31-29(36)41-27-12-11-26-23(27)14-15-40-26/h1-7,9-10,21,23-27,34H,8,11-18H2,(H,30,35)(H,31,36)/t21?,23-,24+,25-,26-,27?/m1/s1. The Morgan fingerprint density at radius 3 is 2.57 bits per heavy atom. The molecule has 2 amide bonds. The normalized spacial score (nSPS) is 25.0. The molecule has 3 fully saturated rings. The Morgan fingerprint density at radius 2 is 1.88 bits per heavy atom. The molecule has 0 aromatic heterocycles. The molecule has 0 spiro atoms. The van der Waals surface area contributed by atoms with Crippen molar-refractivity contribution < 1.29 is 32.6 Å². The van der Waals surface area contributed by atoms with E-state index in [0.717, 1.165) is 22.7 Å². The summed E-state index contributed by atoms with van der Waals surface area (Å²) < 4.78 is 40.1. The summed E-state index contributed by atoms with van der Waals surface area (Å²) in [5.41, 5.74) is 0.911. The fourth-order valence-electron chi connectivity index (χ4n) is 6.05. The van der Waals surface area contributed by atoms with Crippen LogP contribution in [0.25, 0.3) is 0 Å². The van der Waals surface area contributed by atoms with Gasteiger partial charge in [0.2, 0.25) is 15.9 Å². The van der Waals surface area contributed by atoms with E-state index in [4.69, 9.17) is 9.47 Å². The van der Waals surface area contributed by atoms with Crippen LogP contribution in [0.2, 0.25) is 0 Å². The lowest BCUT2D eigenvalue weighted by atomic mass is 10.0. The molecule has 12 nitrogen and oxygen atoms in total. The van der Waals surface area contributed by atoms with Crippen LogP contribution in [0.4, 0.5) is 10.5 Å². The lowest BCUT2D eigenvalue weighted by Gasteiger charge is -2.31. The fourth-order valence-corrected chi connectivity index (χ4v) is 7.55. The number of benzene rings is 2. The van der Waals surface area contributed by atoms with E-state index >= 15 is 0 Å². The molecule has 1 saturated carbocycles. The van der Waals surface area contributed by atoms with E-state index in [1.807, 2.05) is 30.3 Å². The third-order valence-corrected chi connectivity index (χ3v) is 10.1. The van der Waals surface area contributed by atoms with Crippen molar-refractivity contribution in [2.75, 3.05) is 19.7 Å². The van der Waals surface area contributed by atoms with E-state index < -0.39 is 34.3 Å². The smallest absolute Gasteiger partial charge is 0.407 e. The number of nitrogens with zero attached hydrogens (tertiary/aromatic N) is 2. The number of sulfonamides is 1. The maximum atomic E-state index is 13.7. The summed E-state index contributed by atoms with van der Waals surface area (Å²) in [6, 6.07) is 13.1. The lowest BCUT2D eigenvalue weighted by Crippen LogP contribution is -2.52. The van der Waals surface area contributed by atoms with Crippen molar-refractivity contribution in [3.63, 3.8) is 0 Å². The van der Waals surface area contributed by atoms with Gasteiger partial charge in [0, 0.05) is 38.1 Å². The molecule has 3 aliphatic rings. The minimum absolute atomic E-state index is 0.0759. The molecule has 2 heterocycles. The first kappa shape index (κ1) is 30.1. The number of aliphatic hydroxyl groups is 1. The fraction of sp³-hybridized carbons (Fsp3) is 0.517. The Kier molecular flexibility index (Phi) is 9.51. The molecule has 42 heavy (non-hydrogen) atoms. The van der Waals surface area contributed by atoms with E-state index in [-0.39, 0.29) is 60.5 Å². The molecule has 2 saturated heterocycles. The van der Waals surface area contributed by atoms with E-state index in [2.05, 4.69) is 15.8 Å². The van der Waals surface area contributed by atoms with E-state index in [1.165, 1.54) is 24.3 Å². The van der Waals surface area contributed by atoms with E-state index in [1.54, 1.807) is 0 Å². The third kappa shape index (κ3) is 7.14. The number of nitrogens with one attached hydrogen (secondary N) is 2. The molecule has 226 valence electrons. The number of amides is 2. The maximum Gasteiger partial charge on any atom is 0.407 e. The average Bonchev–Trinajstić information content (AvgIpc) is 3.72. The van der Waals surface area contributed by atoms with Crippen molar-refractivity contribution in [2.24, 2.45) is 11.1 Å².